The molecule has 0 saturated heterocycles. The molecule has 1 N–H and O–H groups in total. The van der Waals surface area contributed by atoms with Gasteiger partial charge in [0.15, 0.2) is 5.82 Å². The largest absolute Gasteiger partial charge is 0.478 e. The predicted octanol–water partition coefficient (Wildman–Crippen LogP) is 3.67. The van der Waals surface area contributed by atoms with E-state index in [2.05, 4.69) is 15.5 Å². The number of hydrogen-bond acceptors (Lipinski definition) is 4. The molecule has 0 bridgehead atoms. The van der Waals surface area contributed by atoms with Gasteiger partial charge in [-0.3, -0.25) is 0 Å². The number of halogens is 1. The SMILES string of the molecule is Cc1nnnn1-c1ccc(C(=CC2CCCCC2)C(=O)O)cc1Cl. The monoisotopic (exact) mass is 346 g/mol. The third-order valence-corrected chi connectivity index (χ3v) is 4.70. The zero-order valence-electron chi connectivity index (χ0n) is 13.4. The molecule has 24 heavy (non-hydrogen) atoms. The van der Waals surface area contributed by atoms with Crippen LogP contribution in [0.4, 0.5) is 0 Å². The summed E-state index contributed by atoms with van der Waals surface area (Å²) >= 11 is 6.35. The lowest BCUT2D eigenvalue weighted by atomic mass is 9.87. The second-order valence-electron chi connectivity index (χ2n) is 6.09. The zero-order valence-corrected chi connectivity index (χ0v) is 14.2. The Bertz CT molecular complexity index is 779. The van der Waals surface area contributed by atoms with Gasteiger partial charge in [-0.05, 0) is 53.8 Å². The van der Waals surface area contributed by atoms with Crippen LogP contribution in [0, 0.1) is 12.8 Å². The van der Waals surface area contributed by atoms with Gasteiger partial charge in [0.2, 0.25) is 0 Å². The smallest absolute Gasteiger partial charge is 0.335 e. The molecule has 6 nitrogen and oxygen atoms in total. The van der Waals surface area contributed by atoms with Crippen molar-refractivity contribution in [2.75, 3.05) is 0 Å². The van der Waals surface area contributed by atoms with Crippen LogP contribution < -0.4 is 0 Å². The molecule has 1 fully saturated rings. The Labute approximate surface area is 145 Å². The number of nitrogens with zero attached hydrogens (tertiary/aromatic N) is 4. The summed E-state index contributed by atoms with van der Waals surface area (Å²) in [6, 6.07) is 5.17. The summed E-state index contributed by atoms with van der Waals surface area (Å²) in [5, 5.41) is 21.3. The molecule has 1 heterocycles. The second kappa shape index (κ2) is 7.13. The van der Waals surface area contributed by atoms with Gasteiger partial charge < -0.3 is 5.11 Å². The summed E-state index contributed by atoms with van der Waals surface area (Å²) in [5.41, 5.74) is 1.54. The molecule has 0 aliphatic heterocycles. The quantitative estimate of drug-likeness (QED) is 0.854. The minimum Gasteiger partial charge on any atom is -0.478 e. The average molecular weight is 347 g/mol. The molecule has 7 heteroatoms. The first-order valence-electron chi connectivity index (χ1n) is 8.06. The minimum absolute atomic E-state index is 0.309. The molecule has 1 aromatic carbocycles. The van der Waals surface area contributed by atoms with Crippen molar-refractivity contribution in [2.24, 2.45) is 5.92 Å². The van der Waals surface area contributed by atoms with Crippen molar-refractivity contribution >= 4 is 23.1 Å². The van der Waals surface area contributed by atoms with E-state index in [1.807, 2.05) is 6.08 Å². The van der Waals surface area contributed by atoms with Crippen LogP contribution in [0.1, 0.15) is 43.5 Å². The van der Waals surface area contributed by atoms with Crippen molar-refractivity contribution in [3.8, 4) is 5.69 Å². The van der Waals surface area contributed by atoms with Gasteiger partial charge in [0, 0.05) is 0 Å². The van der Waals surface area contributed by atoms with Crippen molar-refractivity contribution in [2.45, 2.75) is 39.0 Å². The molecule has 2 aromatic rings. The van der Waals surface area contributed by atoms with Crippen LogP contribution in [-0.2, 0) is 4.79 Å². The number of tetrazole rings is 1. The molecular formula is C17H19ClN4O2. The van der Waals surface area contributed by atoms with Crippen molar-refractivity contribution in [3.05, 3.63) is 40.7 Å². The molecule has 3 rings (SSSR count). The summed E-state index contributed by atoms with van der Waals surface area (Å²) < 4.78 is 1.53. The summed E-state index contributed by atoms with van der Waals surface area (Å²) in [7, 11) is 0. The number of hydrogen-bond donors (Lipinski definition) is 1. The Morgan fingerprint density at radius 2 is 2.08 bits per heavy atom. The number of allylic oxidation sites excluding steroid dienone is 1. The minimum atomic E-state index is -0.928. The van der Waals surface area contributed by atoms with Gasteiger partial charge in [-0.25, -0.2) is 4.79 Å². The van der Waals surface area contributed by atoms with Gasteiger partial charge in [-0.15, -0.1) is 5.10 Å². The highest BCUT2D eigenvalue weighted by Gasteiger charge is 2.18. The van der Waals surface area contributed by atoms with Crippen LogP contribution in [0.15, 0.2) is 24.3 Å². The van der Waals surface area contributed by atoms with Gasteiger partial charge in [0.05, 0.1) is 16.3 Å². The lowest BCUT2D eigenvalue weighted by molar-refractivity contribution is -0.130. The number of carboxylic acids is 1. The summed E-state index contributed by atoms with van der Waals surface area (Å²) in [4.78, 5) is 11.7. The Hall–Kier alpha value is -2.21. The van der Waals surface area contributed by atoms with E-state index in [1.54, 1.807) is 25.1 Å². The number of rotatable bonds is 4. The molecule has 1 aliphatic rings. The summed E-state index contributed by atoms with van der Waals surface area (Å²) in [6.07, 6.45) is 7.53. The van der Waals surface area contributed by atoms with E-state index >= 15 is 0 Å². The lowest BCUT2D eigenvalue weighted by Gasteiger charge is -2.19. The Morgan fingerprint density at radius 3 is 2.67 bits per heavy atom. The second-order valence-corrected chi connectivity index (χ2v) is 6.49. The zero-order chi connectivity index (χ0) is 17.1. The van der Waals surface area contributed by atoms with E-state index in [-0.39, 0.29) is 0 Å². The van der Waals surface area contributed by atoms with Gasteiger partial charge >= 0.3 is 5.97 Å². The topological polar surface area (TPSA) is 80.9 Å². The molecule has 0 unspecified atom stereocenters. The van der Waals surface area contributed by atoms with E-state index in [4.69, 9.17) is 11.6 Å². The fraction of sp³-hybridized carbons (Fsp3) is 0.412. The third-order valence-electron chi connectivity index (χ3n) is 4.39. The highest BCUT2D eigenvalue weighted by molar-refractivity contribution is 6.32. The number of carbonyl (C=O) groups is 1. The number of carboxylic acid groups (broad SMARTS) is 1. The van der Waals surface area contributed by atoms with Crippen LogP contribution in [0.2, 0.25) is 5.02 Å². The summed E-state index contributed by atoms with van der Waals surface area (Å²) in [6.45, 7) is 1.77. The van der Waals surface area contributed by atoms with Gasteiger partial charge in [-0.2, -0.15) is 4.68 Å². The average Bonchev–Trinajstić information content (AvgIpc) is 2.99. The fourth-order valence-electron chi connectivity index (χ4n) is 3.13. The molecule has 0 radical (unpaired) electrons. The molecule has 126 valence electrons. The first-order chi connectivity index (χ1) is 11.6. The normalized spacial score (nSPS) is 16.3. The van der Waals surface area contributed by atoms with Crippen LogP contribution in [0.5, 0.6) is 0 Å². The van der Waals surface area contributed by atoms with E-state index < -0.39 is 5.97 Å². The highest BCUT2D eigenvalue weighted by Crippen LogP contribution is 2.30. The predicted molar refractivity (Wildman–Crippen MR) is 91.1 cm³/mol. The summed E-state index contributed by atoms with van der Waals surface area (Å²) in [5.74, 6) is 0.00825. The van der Waals surface area contributed by atoms with Gasteiger partial charge in [0.1, 0.15) is 0 Å². The van der Waals surface area contributed by atoms with Crippen LogP contribution in [0.3, 0.4) is 0 Å². The number of aliphatic carboxylic acids is 1. The van der Waals surface area contributed by atoms with Gasteiger partial charge in [-0.1, -0.05) is 43.0 Å². The number of aryl methyl sites for hydroxylation is 1. The van der Waals surface area contributed by atoms with Crippen molar-refractivity contribution < 1.29 is 9.90 Å². The van der Waals surface area contributed by atoms with Crippen LogP contribution in [-0.4, -0.2) is 31.3 Å². The lowest BCUT2D eigenvalue weighted by Crippen LogP contribution is -2.08. The molecule has 0 amide bonds. The number of benzene rings is 1. The fourth-order valence-corrected chi connectivity index (χ4v) is 3.39. The first-order valence-corrected chi connectivity index (χ1v) is 8.44. The molecular weight excluding hydrogens is 328 g/mol. The van der Waals surface area contributed by atoms with E-state index in [1.165, 1.54) is 11.1 Å². The van der Waals surface area contributed by atoms with Gasteiger partial charge in [0.25, 0.3) is 0 Å². The van der Waals surface area contributed by atoms with E-state index in [0.717, 1.165) is 25.7 Å². The van der Waals surface area contributed by atoms with E-state index in [9.17, 15) is 9.90 Å². The van der Waals surface area contributed by atoms with Crippen molar-refractivity contribution in [3.63, 3.8) is 0 Å². The Morgan fingerprint density at radius 1 is 1.33 bits per heavy atom. The standard InChI is InChI=1S/C17H19ClN4O2/c1-11-19-20-21-22(11)16-8-7-13(10-15(16)18)14(17(23)24)9-12-5-3-2-4-6-12/h7-10,12H,2-6H2,1H3,(H,23,24). The maximum absolute atomic E-state index is 11.7. The molecule has 0 spiro atoms. The third kappa shape index (κ3) is 3.48. The highest BCUT2D eigenvalue weighted by atomic mass is 35.5. The molecule has 1 aromatic heterocycles. The number of aromatic nitrogens is 4. The maximum Gasteiger partial charge on any atom is 0.335 e. The molecule has 1 aliphatic carbocycles. The molecule has 1 saturated carbocycles. The van der Waals surface area contributed by atoms with Crippen molar-refractivity contribution in [1.82, 2.24) is 20.2 Å². The Balaban J connectivity index is 1.94. The van der Waals surface area contributed by atoms with E-state index in [0.29, 0.717) is 33.6 Å². The maximum atomic E-state index is 11.7. The first kappa shape index (κ1) is 16.6. The van der Waals surface area contributed by atoms with Crippen molar-refractivity contribution in [1.29, 1.82) is 0 Å². The van der Waals surface area contributed by atoms with Crippen LogP contribution >= 0.6 is 11.6 Å². The molecule has 0 atom stereocenters. The Kier molecular flexibility index (Phi) is 4.94. The van der Waals surface area contributed by atoms with Crippen LogP contribution in [0.25, 0.3) is 11.3 Å².